The number of rotatable bonds is 4. The van der Waals surface area contributed by atoms with Crippen molar-refractivity contribution >= 4 is 11.6 Å². The van der Waals surface area contributed by atoms with Crippen molar-refractivity contribution in [2.24, 2.45) is 0 Å². The molecule has 0 aliphatic rings. The molecule has 3 rings (SSSR count). The quantitative estimate of drug-likeness (QED) is 0.774. The Bertz CT molecular complexity index is 835. The van der Waals surface area contributed by atoms with E-state index in [0.717, 1.165) is 17.7 Å². The number of nitrogens with one attached hydrogen (secondary N) is 2. The highest BCUT2D eigenvalue weighted by atomic mass is 19.2. The fourth-order valence-electron chi connectivity index (χ4n) is 1.93. The predicted octanol–water partition coefficient (Wildman–Crippen LogP) is 2.33. The number of nitrogens with zero attached hydrogens (tertiary/aromatic N) is 3. The van der Waals surface area contributed by atoms with Gasteiger partial charge in [0, 0.05) is 29.7 Å². The average molecular weight is 315 g/mol. The zero-order valence-corrected chi connectivity index (χ0v) is 11.8. The van der Waals surface area contributed by atoms with Crippen molar-refractivity contribution in [1.82, 2.24) is 20.2 Å². The fraction of sp³-hybridized carbons (Fsp3) is 0.0667. The largest absolute Gasteiger partial charge is 0.326 e. The van der Waals surface area contributed by atoms with Crippen LogP contribution >= 0.6 is 0 Å². The molecule has 0 radical (unpaired) electrons. The van der Waals surface area contributed by atoms with Crippen LogP contribution in [-0.2, 0) is 11.2 Å². The molecule has 8 heteroatoms. The van der Waals surface area contributed by atoms with E-state index in [2.05, 4.69) is 25.5 Å². The van der Waals surface area contributed by atoms with Crippen molar-refractivity contribution in [3.8, 4) is 11.4 Å². The van der Waals surface area contributed by atoms with Crippen LogP contribution < -0.4 is 5.32 Å². The highest BCUT2D eigenvalue weighted by molar-refractivity contribution is 5.91. The summed E-state index contributed by atoms with van der Waals surface area (Å²) >= 11 is 0. The number of anilines is 1. The van der Waals surface area contributed by atoms with E-state index in [4.69, 9.17) is 0 Å². The summed E-state index contributed by atoms with van der Waals surface area (Å²) in [7, 11) is 0. The summed E-state index contributed by atoms with van der Waals surface area (Å²) in [5.74, 6) is -1.65. The van der Waals surface area contributed by atoms with Crippen molar-refractivity contribution in [2.45, 2.75) is 6.42 Å². The number of hydrogen-bond acceptors (Lipinski definition) is 4. The Morgan fingerprint density at radius 3 is 2.83 bits per heavy atom. The van der Waals surface area contributed by atoms with Gasteiger partial charge < -0.3 is 5.32 Å². The molecule has 0 saturated carbocycles. The van der Waals surface area contributed by atoms with Gasteiger partial charge >= 0.3 is 0 Å². The molecule has 0 saturated heterocycles. The van der Waals surface area contributed by atoms with E-state index in [-0.39, 0.29) is 12.1 Å². The third kappa shape index (κ3) is 3.54. The topological polar surface area (TPSA) is 83.6 Å². The Balaban J connectivity index is 1.66. The summed E-state index contributed by atoms with van der Waals surface area (Å²) in [6.45, 7) is 0. The fourth-order valence-corrected chi connectivity index (χ4v) is 1.93. The molecule has 23 heavy (non-hydrogen) atoms. The normalized spacial score (nSPS) is 10.5. The summed E-state index contributed by atoms with van der Waals surface area (Å²) in [4.78, 5) is 20.1. The summed E-state index contributed by atoms with van der Waals surface area (Å²) in [5.41, 5.74) is 0.886. The number of benzene rings is 1. The monoisotopic (exact) mass is 315 g/mol. The van der Waals surface area contributed by atoms with Gasteiger partial charge in [0.05, 0.1) is 6.42 Å². The predicted molar refractivity (Wildman–Crippen MR) is 78.3 cm³/mol. The maximum atomic E-state index is 13.1. The summed E-state index contributed by atoms with van der Waals surface area (Å²) in [6.07, 6.45) is 3.16. The molecule has 2 aromatic heterocycles. The molecule has 6 nitrogen and oxygen atoms in total. The molecule has 2 heterocycles. The van der Waals surface area contributed by atoms with Crippen LogP contribution in [0.25, 0.3) is 11.4 Å². The number of halogens is 2. The number of aromatic nitrogens is 4. The first-order chi connectivity index (χ1) is 11.1. The molecule has 0 aliphatic heterocycles. The number of H-pyrrole nitrogens is 1. The van der Waals surface area contributed by atoms with E-state index in [0.29, 0.717) is 11.6 Å². The molecule has 0 fully saturated rings. The Morgan fingerprint density at radius 1 is 1.22 bits per heavy atom. The third-order valence-electron chi connectivity index (χ3n) is 2.98. The zero-order valence-electron chi connectivity index (χ0n) is 11.8. The Kier molecular flexibility index (Phi) is 4.05. The van der Waals surface area contributed by atoms with Crippen molar-refractivity contribution in [1.29, 1.82) is 0 Å². The van der Waals surface area contributed by atoms with Crippen molar-refractivity contribution in [3.05, 3.63) is 60.2 Å². The van der Waals surface area contributed by atoms with Crippen LogP contribution in [0.3, 0.4) is 0 Å². The van der Waals surface area contributed by atoms with Crippen LogP contribution in [0.15, 0.2) is 42.7 Å². The van der Waals surface area contributed by atoms with Crippen LogP contribution in [0, 0.1) is 11.6 Å². The lowest BCUT2D eigenvalue weighted by Gasteiger charge is -2.04. The van der Waals surface area contributed by atoms with Crippen LogP contribution in [-0.4, -0.2) is 26.1 Å². The Morgan fingerprint density at radius 2 is 2.09 bits per heavy atom. The van der Waals surface area contributed by atoms with Crippen LogP contribution in [0.5, 0.6) is 0 Å². The first-order valence-electron chi connectivity index (χ1n) is 6.68. The minimum atomic E-state index is -1.03. The van der Waals surface area contributed by atoms with Crippen LogP contribution in [0.1, 0.15) is 5.82 Å². The SMILES string of the molecule is O=C(Cc1nc(-c2cccnc2)n[nH]1)Nc1ccc(F)c(F)c1. The molecule has 116 valence electrons. The summed E-state index contributed by atoms with van der Waals surface area (Å²) in [6, 6.07) is 6.68. The van der Waals surface area contributed by atoms with E-state index >= 15 is 0 Å². The molecular weight excluding hydrogens is 304 g/mol. The molecule has 0 aliphatic carbocycles. The average Bonchev–Trinajstić information content (AvgIpc) is 3.00. The van der Waals surface area contributed by atoms with Crippen molar-refractivity contribution < 1.29 is 13.6 Å². The van der Waals surface area contributed by atoms with Gasteiger partial charge in [0.25, 0.3) is 0 Å². The number of pyridine rings is 1. The molecule has 3 aromatic rings. The minimum absolute atomic E-state index is 0.0771. The second-order valence-corrected chi connectivity index (χ2v) is 4.70. The van der Waals surface area contributed by atoms with Crippen molar-refractivity contribution in [3.63, 3.8) is 0 Å². The van der Waals surface area contributed by atoms with E-state index in [1.165, 1.54) is 6.07 Å². The molecular formula is C15H11F2N5O. The lowest BCUT2D eigenvalue weighted by Crippen LogP contribution is -2.15. The van der Waals surface area contributed by atoms with Gasteiger partial charge in [-0.05, 0) is 24.3 Å². The van der Waals surface area contributed by atoms with Crippen LogP contribution in [0.2, 0.25) is 0 Å². The van der Waals surface area contributed by atoms with Gasteiger partial charge in [0.1, 0.15) is 5.82 Å². The molecule has 0 spiro atoms. The zero-order chi connectivity index (χ0) is 16.2. The number of carbonyl (C=O) groups excluding carboxylic acids is 1. The molecule has 0 unspecified atom stereocenters. The van der Waals surface area contributed by atoms with Gasteiger partial charge in [0.2, 0.25) is 5.91 Å². The second-order valence-electron chi connectivity index (χ2n) is 4.70. The second kappa shape index (κ2) is 6.30. The highest BCUT2D eigenvalue weighted by Gasteiger charge is 2.11. The molecule has 1 amide bonds. The molecule has 1 aromatic carbocycles. The van der Waals surface area contributed by atoms with Gasteiger partial charge in [-0.15, -0.1) is 0 Å². The number of hydrogen-bond donors (Lipinski definition) is 2. The van der Waals surface area contributed by atoms with E-state index in [1.807, 2.05) is 0 Å². The maximum Gasteiger partial charge on any atom is 0.232 e. The van der Waals surface area contributed by atoms with Gasteiger partial charge in [-0.1, -0.05) is 0 Å². The first kappa shape index (κ1) is 14.8. The highest BCUT2D eigenvalue weighted by Crippen LogP contribution is 2.14. The molecule has 0 bridgehead atoms. The van der Waals surface area contributed by atoms with Crippen molar-refractivity contribution in [2.75, 3.05) is 5.32 Å². The number of amides is 1. The van der Waals surface area contributed by atoms with Gasteiger partial charge in [-0.2, -0.15) is 5.10 Å². The number of aromatic amines is 1. The van der Waals surface area contributed by atoms with Gasteiger partial charge in [-0.3, -0.25) is 14.9 Å². The maximum absolute atomic E-state index is 13.1. The van der Waals surface area contributed by atoms with E-state index in [9.17, 15) is 13.6 Å². The minimum Gasteiger partial charge on any atom is -0.326 e. The van der Waals surface area contributed by atoms with Gasteiger partial charge in [0.15, 0.2) is 17.5 Å². The Labute approximate surface area is 129 Å². The number of carbonyl (C=O) groups is 1. The first-order valence-corrected chi connectivity index (χ1v) is 6.68. The standard InChI is InChI=1S/C15H11F2N5O/c16-11-4-3-10(6-12(11)17)19-14(23)7-13-20-15(22-21-13)9-2-1-5-18-8-9/h1-6,8H,7H2,(H,19,23)(H,20,21,22). The smallest absolute Gasteiger partial charge is 0.232 e. The molecule has 0 atom stereocenters. The lowest BCUT2D eigenvalue weighted by molar-refractivity contribution is -0.115. The Hall–Kier alpha value is -3.16. The summed E-state index contributed by atoms with van der Waals surface area (Å²) < 4.78 is 25.9. The van der Waals surface area contributed by atoms with Gasteiger partial charge in [-0.25, -0.2) is 13.8 Å². The third-order valence-corrected chi connectivity index (χ3v) is 2.98. The van der Waals surface area contributed by atoms with E-state index in [1.54, 1.807) is 24.5 Å². The van der Waals surface area contributed by atoms with Crippen LogP contribution in [0.4, 0.5) is 14.5 Å². The lowest BCUT2D eigenvalue weighted by atomic mass is 10.2. The summed E-state index contributed by atoms with van der Waals surface area (Å²) in [5, 5.41) is 9.13. The van der Waals surface area contributed by atoms with E-state index < -0.39 is 17.5 Å². The molecule has 2 N–H and O–H groups in total.